The van der Waals surface area contributed by atoms with E-state index in [-0.39, 0.29) is 17.9 Å². The largest absolute Gasteiger partial charge is 0.490 e. The number of ether oxygens (including phenoxy) is 2. The number of carboxylic acid groups (broad SMARTS) is 1. The molecule has 2 atom stereocenters. The van der Waals surface area contributed by atoms with Crippen molar-refractivity contribution < 1.29 is 42.1 Å². The average molecular weight is 516 g/mol. The molecule has 2 aliphatic rings. The minimum Gasteiger partial charge on any atom is -0.489 e. The first-order valence-electron chi connectivity index (χ1n) is 11.6. The Hall–Kier alpha value is -3.12. The van der Waals surface area contributed by atoms with E-state index in [2.05, 4.69) is 29.8 Å². The van der Waals surface area contributed by atoms with Crippen molar-refractivity contribution >= 4 is 17.8 Å². The molecule has 1 saturated heterocycles. The maximum Gasteiger partial charge on any atom is 0.490 e. The highest BCUT2D eigenvalue weighted by molar-refractivity contribution is 5.97. The summed E-state index contributed by atoms with van der Waals surface area (Å²) < 4.78 is 43.5. The van der Waals surface area contributed by atoms with Gasteiger partial charge in [0.2, 0.25) is 0 Å². The molecule has 1 fully saturated rings. The summed E-state index contributed by atoms with van der Waals surface area (Å²) in [7, 11) is 0. The number of carbonyl (C=O) groups is 3. The zero-order chi connectivity index (χ0) is 26.8. The number of carboxylic acids is 1. The summed E-state index contributed by atoms with van der Waals surface area (Å²) >= 11 is 0. The van der Waals surface area contributed by atoms with Crippen LogP contribution in [0, 0.1) is 5.92 Å². The van der Waals surface area contributed by atoms with E-state index in [9.17, 15) is 22.8 Å². The van der Waals surface area contributed by atoms with Gasteiger partial charge in [0.05, 0.1) is 12.2 Å². The number of rotatable bonds is 2. The summed E-state index contributed by atoms with van der Waals surface area (Å²) in [6, 6.07) is 7.00. The number of amides is 2. The maximum atomic E-state index is 13.2. The number of morpholine rings is 1. The Kier molecular flexibility index (Phi) is 10.7. The first-order valence-corrected chi connectivity index (χ1v) is 11.6. The SMILES string of the molecule is CC(C)C[C@H]1CNC(=O)c2ccccc2OCC=CCC2(CNCCO2)C(=O)N1.O=C(O)C(F)(F)F. The molecule has 2 aliphatic heterocycles. The highest BCUT2D eigenvalue weighted by Crippen LogP contribution is 2.22. The number of halogens is 3. The Balaban J connectivity index is 0.000000572. The van der Waals surface area contributed by atoms with E-state index in [1.807, 2.05) is 24.3 Å². The zero-order valence-corrected chi connectivity index (χ0v) is 20.2. The van der Waals surface area contributed by atoms with Gasteiger partial charge in [0.15, 0.2) is 5.60 Å². The van der Waals surface area contributed by atoms with Crippen molar-refractivity contribution in [2.24, 2.45) is 5.92 Å². The Morgan fingerprint density at radius 1 is 1.22 bits per heavy atom. The normalized spacial score (nSPS) is 23.3. The lowest BCUT2D eigenvalue weighted by Crippen LogP contribution is -2.61. The third-order valence-corrected chi connectivity index (χ3v) is 5.41. The van der Waals surface area contributed by atoms with E-state index in [0.717, 1.165) is 13.0 Å². The fourth-order valence-electron chi connectivity index (χ4n) is 3.68. The van der Waals surface area contributed by atoms with Crippen LogP contribution in [0.4, 0.5) is 13.2 Å². The third-order valence-electron chi connectivity index (χ3n) is 5.41. The molecule has 1 unspecified atom stereocenters. The van der Waals surface area contributed by atoms with Crippen LogP contribution < -0.4 is 20.7 Å². The van der Waals surface area contributed by atoms with E-state index in [1.54, 1.807) is 12.1 Å². The Bertz CT molecular complexity index is 930. The standard InChI is InChI=1S/C22H31N3O4.C2HF3O2/c1-16(2)13-17-14-24-20(26)18-7-3-4-8-19(18)28-11-6-5-9-22(21(27)25-17)15-23-10-12-29-22;3-2(4,5)1(6)7/h3-8,16-17,23H,9-15H2,1-2H3,(H,24,26)(H,25,27);(H,6,7)/t17-,22?;/m0./s1. The van der Waals surface area contributed by atoms with Crippen molar-refractivity contribution in [3.63, 3.8) is 0 Å². The van der Waals surface area contributed by atoms with Gasteiger partial charge in [-0.25, -0.2) is 4.79 Å². The van der Waals surface area contributed by atoms with Crippen molar-refractivity contribution in [1.29, 1.82) is 0 Å². The molecule has 2 amide bonds. The molecule has 9 nitrogen and oxygen atoms in total. The molecule has 2 heterocycles. The van der Waals surface area contributed by atoms with Crippen molar-refractivity contribution in [3.05, 3.63) is 42.0 Å². The predicted octanol–water partition coefficient (Wildman–Crippen LogP) is 2.28. The Morgan fingerprint density at radius 3 is 2.53 bits per heavy atom. The quantitative estimate of drug-likeness (QED) is 0.445. The minimum absolute atomic E-state index is 0.146. The average Bonchev–Trinajstić information content (AvgIpc) is 2.82. The van der Waals surface area contributed by atoms with E-state index in [4.69, 9.17) is 19.4 Å². The molecule has 0 radical (unpaired) electrons. The van der Waals surface area contributed by atoms with E-state index in [0.29, 0.717) is 50.0 Å². The van der Waals surface area contributed by atoms with E-state index < -0.39 is 17.7 Å². The van der Waals surface area contributed by atoms with Gasteiger partial charge in [0.1, 0.15) is 12.4 Å². The Morgan fingerprint density at radius 2 is 1.92 bits per heavy atom. The number of fused-ring (bicyclic) bond motifs is 1. The van der Waals surface area contributed by atoms with Gasteiger partial charge in [-0.15, -0.1) is 0 Å². The summed E-state index contributed by atoms with van der Waals surface area (Å²) in [4.78, 5) is 34.8. The van der Waals surface area contributed by atoms with Crippen molar-refractivity contribution in [1.82, 2.24) is 16.0 Å². The first-order chi connectivity index (χ1) is 16.9. The highest BCUT2D eigenvalue weighted by Gasteiger charge is 2.41. The predicted molar refractivity (Wildman–Crippen MR) is 125 cm³/mol. The van der Waals surface area contributed by atoms with Gasteiger partial charge in [-0.3, -0.25) is 9.59 Å². The number of benzene rings is 1. The third kappa shape index (κ3) is 8.83. The number of para-hydroxylation sites is 1. The summed E-state index contributed by atoms with van der Waals surface area (Å²) in [6.45, 7) is 6.51. The van der Waals surface area contributed by atoms with Gasteiger partial charge in [0.25, 0.3) is 11.8 Å². The molecule has 4 N–H and O–H groups in total. The molecule has 12 heteroatoms. The number of hydrogen-bond acceptors (Lipinski definition) is 6. The highest BCUT2D eigenvalue weighted by atomic mass is 19.4. The lowest BCUT2D eigenvalue weighted by atomic mass is 9.94. The van der Waals surface area contributed by atoms with Crippen molar-refractivity contribution in [2.45, 2.75) is 44.5 Å². The minimum atomic E-state index is -5.08. The molecular weight excluding hydrogens is 483 g/mol. The lowest BCUT2D eigenvalue weighted by Gasteiger charge is -2.37. The molecule has 0 aromatic heterocycles. The molecule has 0 bridgehead atoms. The summed E-state index contributed by atoms with van der Waals surface area (Å²) in [6.07, 6.45) is -0.0986. The van der Waals surface area contributed by atoms with Gasteiger partial charge in [-0.1, -0.05) is 38.1 Å². The second-order valence-electron chi connectivity index (χ2n) is 8.82. The van der Waals surface area contributed by atoms with Crippen LogP contribution in [0.5, 0.6) is 5.75 Å². The molecule has 36 heavy (non-hydrogen) atoms. The molecule has 1 aromatic rings. The molecule has 1 spiro atoms. The maximum absolute atomic E-state index is 13.2. The molecule has 0 saturated carbocycles. The fraction of sp³-hybridized carbons (Fsp3) is 0.542. The van der Waals surface area contributed by atoms with Gasteiger partial charge in [-0.2, -0.15) is 13.2 Å². The Labute approximate surface area is 207 Å². The van der Waals surface area contributed by atoms with Crippen LogP contribution in [0.1, 0.15) is 37.0 Å². The molecule has 3 rings (SSSR count). The van der Waals surface area contributed by atoms with E-state index in [1.165, 1.54) is 0 Å². The fourth-order valence-corrected chi connectivity index (χ4v) is 3.68. The van der Waals surface area contributed by atoms with Gasteiger partial charge >= 0.3 is 12.1 Å². The molecule has 1 aromatic carbocycles. The smallest absolute Gasteiger partial charge is 0.489 e. The van der Waals surface area contributed by atoms with Crippen LogP contribution in [0.15, 0.2) is 36.4 Å². The van der Waals surface area contributed by atoms with Crippen molar-refractivity contribution in [3.8, 4) is 5.75 Å². The van der Waals surface area contributed by atoms with E-state index >= 15 is 0 Å². The second-order valence-corrected chi connectivity index (χ2v) is 8.82. The molecule has 200 valence electrons. The summed E-state index contributed by atoms with van der Waals surface area (Å²) in [5.74, 6) is -2.20. The summed E-state index contributed by atoms with van der Waals surface area (Å²) in [5, 5.41) is 16.5. The van der Waals surface area contributed by atoms with Gasteiger partial charge < -0.3 is 30.5 Å². The number of alkyl halides is 3. The van der Waals surface area contributed by atoms with Crippen LogP contribution in [0.3, 0.4) is 0 Å². The number of carbonyl (C=O) groups excluding carboxylic acids is 2. The van der Waals surface area contributed by atoms with Gasteiger partial charge in [0, 0.05) is 32.1 Å². The van der Waals surface area contributed by atoms with Crippen LogP contribution in [-0.4, -0.2) is 73.6 Å². The second kappa shape index (κ2) is 13.3. The number of hydrogen-bond donors (Lipinski definition) is 4. The molecular formula is C24H32F3N3O6. The summed E-state index contributed by atoms with van der Waals surface area (Å²) in [5.41, 5.74) is -0.459. The first kappa shape index (κ1) is 29.1. The van der Waals surface area contributed by atoms with Crippen LogP contribution in [0.2, 0.25) is 0 Å². The van der Waals surface area contributed by atoms with Crippen LogP contribution in [-0.2, 0) is 14.3 Å². The van der Waals surface area contributed by atoms with Crippen LogP contribution >= 0.6 is 0 Å². The zero-order valence-electron chi connectivity index (χ0n) is 20.2. The topological polar surface area (TPSA) is 126 Å². The van der Waals surface area contributed by atoms with Crippen molar-refractivity contribution in [2.75, 3.05) is 32.8 Å². The molecule has 0 aliphatic carbocycles. The monoisotopic (exact) mass is 515 g/mol. The number of aliphatic carboxylic acids is 1. The lowest BCUT2D eigenvalue weighted by molar-refractivity contribution is -0.192. The van der Waals surface area contributed by atoms with Crippen LogP contribution in [0.25, 0.3) is 0 Å². The van der Waals surface area contributed by atoms with Gasteiger partial charge in [-0.05, 0) is 24.5 Å². The number of nitrogens with one attached hydrogen (secondary N) is 3.